The molecule has 30 heavy (non-hydrogen) atoms. The second-order valence-corrected chi connectivity index (χ2v) is 8.83. The van der Waals surface area contributed by atoms with Crippen molar-refractivity contribution in [3.63, 3.8) is 0 Å². The lowest BCUT2D eigenvalue weighted by atomic mass is 10.2. The van der Waals surface area contributed by atoms with Crippen LogP contribution in [-0.2, 0) is 11.2 Å². The molecule has 0 fully saturated rings. The molecule has 1 aromatic heterocycles. The number of fused-ring (bicyclic) bond motifs is 1. The number of anilines is 1. The zero-order valence-electron chi connectivity index (χ0n) is 16.7. The second kappa shape index (κ2) is 8.97. The van der Waals surface area contributed by atoms with E-state index in [0.29, 0.717) is 21.5 Å². The predicted octanol–water partition coefficient (Wildman–Crippen LogP) is 3.93. The summed E-state index contributed by atoms with van der Waals surface area (Å²) in [6.07, 6.45) is 0.755. The van der Waals surface area contributed by atoms with Crippen molar-refractivity contribution in [3.05, 3.63) is 70.1 Å². The number of thioether (sulfide) groups is 2. The Labute approximate surface area is 183 Å². The maximum atomic E-state index is 13.3. The summed E-state index contributed by atoms with van der Waals surface area (Å²) in [5, 5.41) is 3.37. The quantitative estimate of drug-likeness (QED) is 0.463. The van der Waals surface area contributed by atoms with Gasteiger partial charge >= 0.3 is 0 Å². The van der Waals surface area contributed by atoms with Gasteiger partial charge in [0.25, 0.3) is 5.56 Å². The number of hydrogen-bond donors (Lipinski definition) is 1. The first-order valence-electron chi connectivity index (χ1n) is 9.48. The van der Waals surface area contributed by atoms with Gasteiger partial charge in [-0.2, -0.15) is 0 Å². The summed E-state index contributed by atoms with van der Waals surface area (Å²) >= 11 is 2.77. The molecule has 0 atom stereocenters. The Morgan fingerprint density at radius 1 is 1.23 bits per heavy atom. The zero-order chi connectivity index (χ0) is 21.1. The molecule has 0 radical (unpaired) electrons. The predicted molar refractivity (Wildman–Crippen MR) is 121 cm³/mol. The van der Waals surface area contributed by atoms with Gasteiger partial charge in [-0.05, 0) is 31.2 Å². The van der Waals surface area contributed by atoms with Crippen LogP contribution in [0.2, 0.25) is 0 Å². The minimum absolute atomic E-state index is 0.117. The number of methoxy groups -OCH3 is 1. The van der Waals surface area contributed by atoms with Crippen molar-refractivity contribution in [2.45, 2.75) is 23.4 Å². The number of nitrogens with one attached hydrogen (secondary N) is 1. The van der Waals surface area contributed by atoms with Gasteiger partial charge in [0.15, 0.2) is 5.16 Å². The molecule has 0 spiro atoms. The lowest BCUT2D eigenvalue weighted by molar-refractivity contribution is -0.113. The standard InChI is InChI=1S/C22H21N3O3S2/c1-14-7-9-15(10-8-14)23-19(26)13-30-22-24-16-11-12-29-20(16)21(27)25(22)17-5-3-4-6-18(17)28-2/h3-10H,11-13H2,1-2H3,(H,23,26). The first-order valence-corrected chi connectivity index (χ1v) is 11.5. The Morgan fingerprint density at radius 2 is 2.00 bits per heavy atom. The van der Waals surface area contributed by atoms with Gasteiger partial charge in [0.05, 0.1) is 29.1 Å². The van der Waals surface area contributed by atoms with Crippen molar-refractivity contribution in [2.75, 3.05) is 23.9 Å². The van der Waals surface area contributed by atoms with Gasteiger partial charge in [-0.1, -0.05) is 41.6 Å². The smallest absolute Gasteiger partial charge is 0.272 e. The topological polar surface area (TPSA) is 73.2 Å². The van der Waals surface area contributed by atoms with Crippen molar-refractivity contribution in [3.8, 4) is 11.4 Å². The molecule has 6 nitrogen and oxygen atoms in total. The molecule has 3 aromatic rings. The normalized spacial score (nSPS) is 12.5. The molecule has 0 unspecified atom stereocenters. The van der Waals surface area contributed by atoms with E-state index in [2.05, 4.69) is 5.32 Å². The van der Waals surface area contributed by atoms with E-state index < -0.39 is 0 Å². The number of carbonyl (C=O) groups is 1. The molecule has 0 bridgehead atoms. The van der Waals surface area contributed by atoms with Crippen LogP contribution in [0.5, 0.6) is 5.75 Å². The molecule has 154 valence electrons. The monoisotopic (exact) mass is 439 g/mol. The molecular weight excluding hydrogens is 418 g/mol. The Morgan fingerprint density at radius 3 is 2.77 bits per heavy atom. The van der Waals surface area contributed by atoms with Crippen LogP contribution >= 0.6 is 23.5 Å². The van der Waals surface area contributed by atoms with E-state index in [9.17, 15) is 9.59 Å². The van der Waals surface area contributed by atoms with E-state index >= 15 is 0 Å². The van der Waals surface area contributed by atoms with Crippen LogP contribution in [0.4, 0.5) is 5.69 Å². The van der Waals surface area contributed by atoms with Gasteiger partial charge in [0.1, 0.15) is 5.75 Å². The van der Waals surface area contributed by atoms with Crippen LogP contribution < -0.4 is 15.6 Å². The van der Waals surface area contributed by atoms with Crippen LogP contribution in [0.3, 0.4) is 0 Å². The van der Waals surface area contributed by atoms with Crippen molar-refractivity contribution in [1.29, 1.82) is 0 Å². The second-order valence-electron chi connectivity index (χ2n) is 6.78. The third-order valence-electron chi connectivity index (χ3n) is 4.66. The average Bonchev–Trinajstić information content (AvgIpc) is 3.23. The van der Waals surface area contributed by atoms with E-state index in [-0.39, 0.29) is 17.2 Å². The number of aromatic nitrogens is 2. The highest BCUT2D eigenvalue weighted by Crippen LogP contribution is 2.32. The van der Waals surface area contributed by atoms with Gasteiger partial charge in [0.2, 0.25) is 5.91 Å². The van der Waals surface area contributed by atoms with E-state index in [1.54, 1.807) is 17.7 Å². The lowest BCUT2D eigenvalue weighted by Crippen LogP contribution is -2.25. The summed E-state index contributed by atoms with van der Waals surface area (Å²) in [5.41, 5.74) is 3.18. The van der Waals surface area contributed by atoms with Gasteiger partial charge in [-0.3, -0.25) is 14.2 Å². The summed E-state index contributed by atoms with van der Waals surface area (Å²) in [5.74, 6) is 1.40. The molecule has 2 heterocycles. The number of rotatable bonds is 6. The van der Waals surface area contributed by atoms with Crippen molar-refractivity contribution in [1.82, 2.24) is 9.55 Å². The van der Waals surface area contributed by atoms with E-state index in [1.165, 1.54) is 23.5 Å². The van der Waals surface area contributed by atoms with Gasteiger partial charge < -0.3 is 10.1 Å². The van der Waals surface area contributed by atoms with Crippen molar-refractivity contribution >= 4 is 35.1 Å². The number of amides is 1. The molecule has 1 aliphatic rings. The van der Waals surface area contributed by atoms with E-state index in [4.69, 9.17) is 9.72 Å². The Hall–Kier alpha value is -2.71. The minimum Gasteiger partial charge on any atom is -0.495 e. The number of hydrogen-bond acceptors (Lipinski definition) is 6. The van der Waals surface area contributed by atoms with E-state index in [0.717, 1.165) is 29.1 Å². The van der Waals surface area contributed by atoms with Crippen LogP contribution in [-0.4, -0.2) is 34.1 Å². The average molecular weight is 440 g/mol. The molecule has 4 rings (SSSR count). The first kappa shape index (κ1) is 20.6. The van der Waals surface area contributed by atoms with Crippen LogP contribution in [0, 0.1) is 6.92 Å². The molecule has 0 saturated heterocycles. The number of carbonyl (C=O) groups excluding carboxylic acids is 1. The lowest BCUT2D eigenvalue weighted by Gasteiger charge is -2.16. The number of ether oxygens (including phenoxy) is 1. The minimum atomic E-state index is -0.153. The largest absolute Gasteiger partial charge is 0.495 e. The van der Waals surface area contributed by atoms with Crippen molar-refractivity contribution in [2.24, 2.45) is 0 Å². The molecule has 0 saturated carbocycles. The summed E-state index contributed by atoms with van der Waals surface area (Å²) in [6.45, 7) is 2.00. The molecule has 1 amide bonds. The van der Waals surface area contributed by atoms with Crippen molar-refractivity contribution < 1.29 is 9.53 Å². The highest BCUT2D eigenvalue weighted by Gasteiger charge is 2.24. The summed E-state index contributed by atoms with van der Waals surface area (Å²) < 4.78 is 7.02. The van der Waals surface area contributed by atoms with Gasteiger partial charge in [-0.25, -0.2) is 4.98 Å². The summed E-state index contributed by atoms with van der Waals surface area (Å²) in [6, 6.07) is 15.0. The van der Waals surface area contributed by atoms with E-state index in [1.807, 2.05) is 49.4 Å². The summed E-state index contributed by atoms with van der Waals surface area (Å²) in [4.78, 5) is 31.1. The Bertz CT molecular complexity index is 1140. The fraction of sp³-hybridized carbons (Fsp3) is 0.227. The maximum absolute atomic E-state index is 13.3. The summed E-state index contributed by atoms with van der Waals surface area (Å²) in [7, 11) is 1.57. The van der Waals surface area contributed by atoms with Gasteiger partial charge in [0, 0.05) is 17.9 Å². The molecule has 0 aliphatic carbocycles. The number of nitrogens with zero attached hydrogens (tertiary/aromatic N) is 2. The molecule has 8 heteroatoms. The van der Waals surface area contributed by atoms with Crippen LogP contribution in [0.1, 0.15) is 11.3 Å². The molecular formula is C22H21N3O3S2. The highest BCUT2D eigenvalue weighted by molar-refractivity contribution is 8.00. The fourth-order valence-electron chi connectivity index (χ4n) is 3.18. The molecule has 2 aromatic carbocycles. The fourth-order valence-corrected chi connectivity index (χ4v) is 5.03. The van der Waals surface area contributed by atoms with Crippen LogP contribution in [0.15, 0.2) is 63.4 Å². The Kier molecular flexibility index (Phi) is 6.15. The maximum Gasteiger partial charge on any atom is 0.272 e. The first-order chi connectivity index (χ1) is 14.6. The Balaban J connectivity index is 1.64. The van der Waals surface area contributed by atoms with Crippen LogP contribution in [0.25, 0.3) is 5.69 Å². The SMILES string of the molecule is COc1ccccc1-n1c(SCC(=O)Nc2ccc(C)cc2)nc2c(c1=O)SCC2. The molecule has 1 aliphatic heterocycles. The third-order valence-corrected chi connectivity index (χ3v) is 6.71. The zero-order valence-corrected chi connectivity index (χ0v) is 18.3. The highest BCUT2D eigenvalue weighted by atomic mass is 32.2. The number of para-hydroxylation sites is 2. The number of aryl methyl sites for hydroxylation is 2. The van der Waals surface area contributed by atoms with Gasteiger partial charge in [-0.15, -0.1) is 11.8 Å². The third kappa shape index (κ3) is 4.24. The number of benzene rings is 2. The molecule has 1 N–H and O–H groups in total.